The minimum Gasteiger partial charge on any atom is -0.478 e. The second-order valence-corrected chi connectivity index (χ2v) is 7.39. The number of amides is 1. The number of rotatable bonds is 6. The van der Waals surface area contributed by atoms with E-state index in [2.05, 4.69) is 15.0 Å². The van der Waals surface area contributed by atoms with Gasteiger partial charge in [0.05, 0.1) is 30.6 Å². The summed E-state index contributed by atoms with van der Waals surface area (Å²) in [6.07, 6.45) is 3.31. The zero-order chi connectivity index (χ0) is 22.1. The lowest BCUT2D eigenvalue weighted by Crippen LogP contribution is -2.18. The molecule has 0 unspecified atom stereocenters. The van der Waals surface area contributed by atoms with Crippen molar-refractivity contribution < 1.29 is 9.53 Å². The van der Waals surface area contributed by atoms with Gasteiger partial charge in [-0.25, -0.2) is 9.97 Å². The minimum atomic E-state index is -0.569. The fourth-order valence-electron chi connectivity index (χ4n) is 3.68. The van der Waals surface area contributed by atoms with E-state index < -0.39 is 5.91 Å². The summed E-state index contributed by atoms with van der Waals surface area (Å²) in [7, 11) is 0. The summed E-state index contributed by atoms with van der Waals surface area (Å²) in [5, 5.41) is 0. The Labute approximate surface area is 178 Å². The maximum atomic E-state index is 12.5. The molecule has 8 heteroatoms. The van der Waals surface area contributed by atoms with Gasteiger partial charge in [0.15, 0.2) is 0 Å². The van der Waals surface area contributed by atoms with Crippen LogP contribution < -0.4 is 16.0 Å². The number of aromatic nitrogens is 4. The Balaban J connectivity index is 1.84. The maximum Gasteiger partial charge on any atom is 0.253 e. The summed E-state index contributed by atoms with van der Waals surface area (Å²) in [6, 6.07) is 9.22. The molecule has 0 aliphatic carbocycles. The molecule has 3 aromatic heterocycles. The number of aromatic amines is 1. The highest BCUT2D eigenvalue weighted by atomic mass is 16.5. The van der Waals surface area contributed by atoms with Crippen LogP contribution in [0.1, 0.15) is 34.1 Å². The average Bonchev–Trinajstić information content (AvgIpc) is 3.13. The summed E-state index contributed by atoms with van der Waals surface area (Å²) < 4.78 is 7.25. The van der Waals surface area contributed by atoms with Crippen molar-refractivity contribution in [2.45, 2.75) is 27.3 Å². The zero-order valence-corrected chi connectivity index (χ0v) is 17.6. The zero-order valence-electron chi connectivity index (χ0n) is 17.6. The first-order chi connectivity index (χ1) is 14.9. The van der Waals surface area contributed by atoms with E-state index in [4.69, 9.17) is 10.5 Å². The molecule has 0 fully saturated rings. The average molecular weight is 417 g/mol. The number of pyridine rings is 2. The van der Waals surface area contributed by atoms with Crippen LogP contribution in [0.4, 0.5) is 0 Å². The van der Waals surface area contributed by atoms with E-state index in [1.165, 1.54) is 0 Å². The Morgan fingerprint density at radius 1 is 1.16 bits per heavy atom. The van der Waals surface area contributed by atoms with Gasteiger partial charge in [0.1, 0.15) is 5.52 Å². The summed E-state index contributed by atoms with van der Waals surface area (Å²) in [4.78, 5) is 36.2. The van der Waals surface area contributed by atoms with Gasteiger partial charge >= 0.3 is 0 Å². The van der Waals surface area contributed by atoms with Crippen LogP contribution in [0.25, 0.3) is 22.2 Å². The third-order valence-electron chi connectivity index (χ3n) is 5.18. The molecule has 0 aliphatic heterocycles. The van der Waals surface area contributed by atoms with Crippen molar-refractivity contribution in [3.05, 3.63) is 75.6 Å². The number of H-pyrrole nitrogens is 1. The molecular weight excluding hydrogens is 394 g/mol. The molecule has 4 rings (SSSR count). The molecular formula is C23H23N5O3. The van der Waals surface area contributed by atoms with Gasteiger partial charge in [0, 0.05) is 29.1 Å². The molecule has 158 valence electrons. The van der Waals surface area contributed by atoms with Crippen LogP contribution in [0, 0.1) is 13.8 Å². The molecule has 8 nitrogen and oxygen atoms in total. The first kappa shape index (κ1) is 20.3. The van der Waals surface area contributed by atoms with Gasteiger partial charge in [-0.15, -0.1) is 0 Å². The van der Waals surface area contributed by atoms with E-state index in [1.807, 2.05) is 43.5 Å². The number of carbonyl (C=O) groups excluding carboxylic acids is 1. The number of fused-ring (bicyclic) bond motifs is 1. The highest BCUT2D eigenvalue weighted by Gasteiger charge is 2.16. The Kier molecular flexibility index (Phi) is 5.29. The smallest absolute Gasteiger partial charge is 0.253 e. The Morgan fingerprint density at radius 3 is 2.61 bits per heavy atom. The molecule has 0 bridgehead atoms. The van der Waals surface area contributed by atoms with Gasteiger partial charge in [-0.3, -0.25) is 9.59 Å². The van der Waals surface area contributed by atoms with E-state index in [-0.39, 0.29) is 5.56 Å². The first-order valence-corrected chi connectivity index (χ1v) is 9.94. The number of imidazole rings is 1. The van der Waals surface area contributed by atoms with Gasteiger partial charge < -0.3 is 20.0 Å². The molecule has 0 saturated heterocycles. The molecule has 1 amide bonds. The highest BCUT2D eigenvalue weighted by molar-refractivity contribution is 6.06. The van der Waals surface area contributed by atoms with Crippen LogP contribution in [0.2, 0.25) is 0 Å². The number of hydrogen-bond acceptors (Lipinski definition) is 5. The number of carbonyl (C=O) groups is 1. The van der Waals surface area contributed by atoms with Crippen molar-refractivity contribution >= 4 is 16.9 Å². The van der Waals surface area contributed by atoms with Crippen LogP contribution in [0.5, 0.6) is 5.88 Å². The predicted octanol–water partition coefficient (Wildman–Crippen LogP) is 2.95. The molecule has 4 aromatic rings. The lowest BCUT2D eigenvalue weighted by atomic mass is 10.0. The predicted molar refractivity (Wildman–Crippen MR) is 118 cm³/mol. The standard InChI is InChI=1S/C23H23N5O3/c1-4-31-20-6-5-15(10-25-20)16-8-17(22(24)29)21-19(9-16)28(12-26-21)11-18-13(2)7-14(3)27-23(18)30/h5-10,12H,4,11H2,1-3H3,(H2,24,29)(H,27,30). The van der Waals surface area contributed by atoms with Gasteiger partial charge in [0.25, 0.3) is 11.5 Å². The van der Waals surface area contributed by atoms with Crippen LogP contribution in [0.3, 0.4) is 0 Å². The van der Waals surface area contributed by atoms with Crippen LogP contribution in [0.15, 0.2) is 47.7 Å². The second-order valence-electron chi connectivity index (χ2n) is 7.39. The molecule has 3 heterocycles. The van der Waals surface area contributed by atoms with Gasteiger partial charge in [-0.2, -0.15) is 0 Å². The summed E-state index contributed by atoms with van der Waals surface area (Å²) >= 11 is 0. The quantitative estimate of drug-likeness (QED) is 0.500. The maximum absolute atomic E-state index is 12.5. The highest BCUT2D eigenvalue weighted by Crippen LogP contribution is 2.28. The summed E-state index contributed by atoms with van der Waals surface area (Å²) in [5.41, 5.74) is 10.9. The van der Waals surface area contributed by atoms with E-state index in [9.17, 15) is 9.59 Å². The molecule has 0 radical (unpaired) electrons. The Bertz CT molecular complexity index is 1340. The van der Waals surface area contributed by atoms with Gasteiger partial charge in [0.2, 0.25) is 5.88 Å². The SMILES string of the molecule is CCOc1ccc(-c2cc(C(N)=O)c3ncn(Cc4c(C)cc(C)[nH]c4=O)c3c2)cn1. The summed E-state index contributed by atoms with van der Waals surface area (Å²) in [6.45, 7) is 6.50. The van der Waals surface area contributed by atoms with Crippen LogP contribution in [-0.4, -0.2) is 32.0 Å². The molecule has 31 heavy (non-hydrogen) atoms. The summed E-state index contributed by atoms with van der Waals surface area (Å²) in [5.74, 6) is -0.0399. The third kappa shape index (κ3) is 3.92. The lowest BCUT2D eigenvalue weighted by molar-refractivity contribution is 0.100. The monoisotopic (exact) mass is 417 g/mol. The lowest BCUT2D eigenvalue weighted by Gasteiger charge is -2.10. The third-order valence-corrected chi connectivity index (χ3v) is 5.18. The number of nitrogens with one attached hydrogen (secondary N) is 1. The topological polar surface area (TPSA) is 116 Å². The van der Waals surface area contributed by atoms with Crippen molar-refractivity contribution in [3.8, 4) is 17.0 Å². The fourth-order valence-corrected chi connectivity index (χ4v) is 3.68. The normalized spacial score (nSPS) is 11.1. The van der Waals surface area contributed by atoms with E-state index in [1.54, 1.807) is 24.7 Å². The van der Waals surface area contributed by atoms with E-state index in [0.717, 1.165) is 22.4 Å². The Morgan fingerprint density at radius 2 is 1.97 bits per heavy atom. The molecule has 1 aromatic carbocycles. The van der Waals surface area contributed by atoms with Crippen molar-refractivity contribution in [2.24, 2.45) is 5.73 Å². The molecule has 3 N–H and O–H groups in total. The number of primary amides is 1. The number of benzene rings is 1. The van der Waals surface area contributed by atoms with Crippen molar-refractivity contribution in [1.29, 1.82) is 0 Å². The number of nitrogens with zero attached hydrogens (tertiary/aromatic N) is 3. The number of aryl methyl sites for hydroxylation is 2. The number of hydrogen-bond donors (Lipinski definition) is 2. The van der Waals surface area contributed by atoms with Crippen molar-refractivity contribution in [1.82, 2.24) is 19.5 Å². The molecule has 0 atom stereocenters. The van der Waals surface area contributed by atoms with Crippen LogP contribution in [-0.2, 0) is 6.54 Å². The fraction of sp³-hybridized carbons (Fsp3) is 0.217. The molecule has 0 saturated carbocycles. The van der Waals surface area contributed by atoms with Crippen molar-refractivity contribution in [2.75, 3.05) is 6.61 Å². The van der Waals surface area contributed by atoms with Crippen LogP contribution >= 0.6 is 0 Å². The number of nitrogens with two attached hydrogens (primary N) is 1. The largest absolute Gasteiger partial charge is 0.478 e. The van der Waals surface area contributed by atoms with E-state index >= 15 is 0 Å². The molecule has 0 spiro atoms. The first-order valence-electron chi connectivity index (χ1n) is 9.94. The Hall–Kier alpha value is -3.94. The van der Waals surface area contributed by atoms with Gasteiger partial charge in [-0.05, 0) is 56.2 Å². The number of ether oxygens (including phenoxy) is 1. The second kappa shape index (κ2) is 8.06. The minimum absolute atomic E-state index is 0.138. The van der Waals surface area contributed by atoms with Crippen molar-refractivity contribution in [3.63, 3.8) is 0 Å². The van der Waals surface area contributed by atoms with Gasteiger partial charge in [-0.1, -0.05) is 0 Å². The van der Waals surface area contributed by atoms with E-state index in [0.29, 0.717) is 41.2 Å². The molecule has 0 aliphatic rings.